The van der Waals surface area contributed by atoms with Gasteiger partial charge in [-0.2, -0.15) is 24.5 Å². The van der Waals surface area contributed by atoms with Gasteiger partial charge in [0, 0.05) is 5.56 Å². The molecule has 2 aromatic rings. The van der Waals surface area contributed by atoms with Crippen LogP contribution in [0.2, 0.25) is 0 Å². The number of hydrogen-bond donors (Lipinski definition) is 2. The third kappa shape index (κ3) is 3.30. The smallest absolute Gasteiger partial charge is 0.419 e. The van der Waals surface area contributed by atoms with E-state index >= 15 is 0 Å². The number of ether oxygens (including phenoxy) is 1. The topological polar surface area (TPSA) is 59.1 Å². The lowest BCUT2D eigenvalue weighted by atomic mass is 10.1. The normalized spacial score (nSPS) is 11.3. The molecule has 0 spiro atoms. The SMILES string of the molecule is N=C(N)c1ccc(OCc2ccsc2)c(C(F)(F)F)c1. The Balaban J connectivity index is 2.29. The van der Waals surface area contributed by atoms with Crippen molar-refractivity contribution in [2.75, 3.05) is 0 Å². The summed E-state index contributed by atoms with van der Waals surface area (Å²) in [4.78, 5) is 0. The zero-order chi connectivity index (χ0) is 14.8. The molecule has 0 atom stereocenters. The van der Waals surface area contributed by atoms with E-state index in [9.17, 15) is 13.2 Å². The Bertz CT molecular complexity index is 609. The molecule has 0 radical (unpaired) electrons. The van der Waals surface area contributed by atoms with Crippen molar-refractivity contribution < 1.29 is 17.9 Å². The van der Waals surface area contributed by atoms with Gasteiger partial charge in [0.05, 0.1) is 5.56 Å². The Morgan fingerprint density at radius 2 is 2.05 bits per heavy atom. The van der Waals surface area contributed by atoms with Gasteiger partial charge in [0.25, 0.3) is 0 Å². The van der Waals surface area contributed by atoms with Gasteiger partial charge in [-0.05, 0) is 40.6 Å². The van der Waals surface area contributed by atoms with Crippen LogP contribution in [0.5, 0.6) is 5.75 Å². The fraction of sp³-hybridized carbons (Fsp3) is 0.154. The first-order chi connectivity index (χ1) is 9.38. The second-order valence-electron chi connectivity index (χ2n) is 4.04. The van der Waals surface area contributed by atoms with Crippen LogP contribution >= 0.6 is 11.3 Å². The van der Waals surface area contributed by atoms with Crippen LogP contribution in [0.25, 0.3) is 0 Å². The molecule has 0 fully saturated rings. The monoisotopic (exact) mass is 300 g/mol. The summed E-state index contributed by atoms with van der Waals surface area (Å²) in [5.74, 6) is -0.686. The second kappa shape index (κ2) is 5.54. The molecule has 3 nitrogen and oxygen atoms in total. The molecular formula is C13H11F3N2OS. The minimum Gasteiger partial charge on any atom is -0.488 e. The van der Waals surface area contributed by atoms with Crippen LogP contribution in [-0.4, -0.2) is 5.84 Å². The van der Waals surface area contributed by atoms with Crippen molar-refractivity contribution in [1.29, 1.82) is 5.41 Å². The molecule has 0 aliphatic rings. The van der Waals surface area contributed by atoms with E-state index in [1.165, 1.54) is 23.5 Å². The molecule has 3 N–H and O–H groups in total. The van der Waals surface area contributed by atoms with Crippen LogP contribution in [-0.2, 0) is 12.8 Å². The molecular weight excluding hydrogens is 289 g/mol. The van der Waals surface area contributed by atoms with E-state index in [1.807, 2.05) is 5.38 Å². The summed E-state index contributed by atoms with van der Waals surface area (Å²) >= 11 is 1.44. The van der Waals surface area contributed by atoms with Crippen LogP contribution in [0, 0.1) is 5.41 Å². The van der Waals surface area contributed by atoms with Gasteiger partial charge in [-0.3, -0.25) is 5.41 Å². The third-order valence-corrected chi connectivity index (χ3v) is 3.30. The number of halogens is 3. The fourth-order valence-corrected chi connectivity index (χ4v) is 2.23. The highest BCUT2D eigenvalue weighted by atomic mass is 32.1. The molecule has 0 saturated carbocycles. The first-order valence-electron chi connectivity index (χ1n) is 5.57. The lowest BCUT2D eigenvalue weighted by Gasteiger charge is -2.14. The lowest BCUT2D eigenvalue weighted by Crippen LogP contribution is -2.14. The first kappa shape index (κ1) is 14.4. The van der Waals surface area contributed by atoms with Gasteiger partial charge in [0.15, 0.2) is 0 Å². The largest absolute Gasteiger partial charge is 0.488 e. The van der Waals surface area contributed by atoms with Crippen LogP contribution in [0.4, 0.5) is 13.2 Å². The summed E-state index contributed by atoms with van der Waals surface area (Å²) in [6.07, 6.45) is -4.56. The highest BCUT2D eigenvalue weighted by molar-refractivity contribution is 7.07. The summed E-state index contributed by atoms with van der Waals surface area (Å²) in [6.45, 7) is 0.0615. The molecule has 7 heteroatoms. The predicted molar refractivity (Wildman–Crippen MR) is 71.1 cm³/mol. The molecule has 0 saturated heterocycles. The summed E-state index contributed by atoms with van der Waals surface area (Å²) in [7, 11) is 0. The van der Waals surface area contributed by atoms with Crippen LogP contribution in [0.3, 0.4) is 0 Å². The third-order valence-electron chi connectivity index (χ3n) is 2.57. The van der Waals surface area contributed by atoms with Gasteiger partial charge >= 0.3 is 6.18 Å². The van der Waals surface area contributed by atoms with Gasteiger partial charge in [-0.1, -0.05) is 0 Å². The quantitative estimate of drug-likeness (QED) is 0.669. The fourth-order valence-electron chi connectivity index (χ4n) is 1.58. The molecule has 20 heavy (non-hydrogen) atoms. The Kier molecular flexibility index (Phi) is 3.99. The number of amidine groups is 1. The zero-order valence-corrected chi connectivity index (χ0v) is 11.0. The molecule has 0 bridgehead atoms. The summed E-state index contributed by atoms with van der Waals surface area (Å²) in [5, 5.41) is 10.8. The molecule has 106 valence electrons. The average Bonchev–Trinajstić information content (AvgIpc) is 2.88. The molecule has 0 unspecified atom stereocenters. The molecule has 1 heterocycles. The van der Waals surface area contributed by atoms with E-state index in [4.69, 9.17) is 15.9 Å². The number of benzene rings is 1. The minimum atomic E-state index is -4.56. The Morgan fingerprint density at radius 1 is 1.30 bits per heavy atom. The maximum atomic E-state index is 13.0. The van der Waals surface area contributed by atoms with Crippen molar-refractivity contribution in [3.8, 4) is 5.75 Å². The van der Waals surface area contributed by atoms with E-state index in [0.717, 1.165) is 11.6 Å². The number of alkyl halides is 3. The van der Waals surface area contributed by atoms with Crippen molar-refractivity contribution in [2.45, 2.75) is 12.8 Å². The van der Waals surface area contributed by atoms with Gasteiger partial charge in [-0.25, -0.2) is 0 Å². The minimum absolute atomic E-state index is 0.0141. The summed E-state index contributed by atoms with van der Waals surface area (Å²) in [6, 6.07) is 5.12. The van der Waals surface area contributed by atoms with Crippen LogP contribution in [0.1, 0.15) is 16.7 Å². The average molecular weight is 300 g/mol. The predicted octanol–water partition coefficient (Wildman–Crippen LogP) is 3.63. The van der Waals surface area contributed by atoms with Crippen LogP contribution < -0.4 is 10.5 Å². The highest BCUT2D eigenvalue weighted by Crippen LogP contribution is 2.37. The number of hydrogen-bond acceptors (Lipinski definition) is 3. The molecule has 0 aliphatic carbocycles. The van der Waals surface area contributed by atoms with Crippen LogP contribution in [0.15, 0.2) is 35.0 Å². The second-order valence-corrected chi connectivity index (χ2v) is 4.82. The number of thiophene rings is 1. The van der Waals surface area contributed by atoms with Gasteiger partial charge in [-0.15, -0.1) is 0 Å². The van der Waals surface area contributed by atoms with E-state index in [-0.39, 0.29) is 17.9 Å². The summed E-state index contributed by atoms with van der Waals surface area (Å²) in [5.41, 5.74) is 5.09. The Labute approximate surface area is 117 Å². The number of nitrogens with two attached hydrogens (primary N) is 1. The van der Waals surface area contributed by atoms with E-state index < -0.39 is 17.6 Å². The van der Waals surface area contributed by atoms with Crippen molar-refractivity contribution in [3.05, 3.63) is 51.7 Å². The van der Waals surface area contributed by atoms with Gasteiger partial charge in [0.1, 0.15) is 18.2 Å². The number of nitrogen functional groups attached to an aromatic ring is 1. The zero-order valence-electron chi connectivity index (χ0n) is 10.2. The maximum absolute atomic E-state index is 13.0. The van der Waals surface area contributed by atoms with E-state index in [2.05, 4.69) is 0 Å². The molecule has 1 aromatic heterocycles. The van der Waals surface area contributed by atoms with E-state index in [0.29, 0.717) is 0 Å². The molecule has 0 aliphatic heterocycles. The Morgan fingerprint density at radius 3 is 2.60 bits per heavy atom. The molecule has 2 rings (SSSR count). The lowest BCUT2D eigenvalue weighted by molar-refractivity contribution is -0.139. The van der Waals surface area contributed by atoms with Gasteiger partial charge in [0.2, 0.25) is 0 Å². The van der Waals surface area contributed by atoms with E-state index in [1.54, 1.807) is 11.4 Å². The molecule has 0 amide bonds. The van der Waals surface area contributed by atoms with Crippen molar-refractivity contribution >= 4 is 17.2 Å². The van der Waals surface area contributed by atoms with Gasteiger partial charge < -0.3 is 10.5 Å². The Hall–Kier alpha value is -2.02. The first-order valence-corrected chi connectivity index (χ1v) is 6.51. The van der Waals surface area contributed by atoms with Crippen molar-refractivity contribution in [2.24, 2.45) is 5.73 Å². The summed E-state index contributed by atoms with van der Waals surface area (Å²) < 4.78 is 44.1. The van der Waals surface area contributed by atoms with Crippen molar-refractivity contribution in [3.63, 3.8) is 0 Å². The highest BCUT2D eigenvalue weighted by Gasteiger charge is 2.34. The molecule has 1 aromatic carbocycles. The number of rotatable bonds is 4. The standard InChI is InChI=1S/C13H11F3N2OS/c14-13(15,16)10-5-9(12(17)18)1-2-11(10)19-6-8-3-4-20-7-8/h1-5,7H,6H2,(H3,17,18). The maximum Gasteiger partial charge on any atom is 0.419 e. The number of nitrogens with one attached hydrogen (secondary N) is 1. The van der Waals surface area contributed by atoms with Crippen molar-refractivity contribution in [1.82, 2.24) is 0 Å².